The van der Waals surface area contributed by atoms with Crippen molar-refractivity contribution in [3.8, 4) is 0 Å². The molecule has 0 saturated heterocycles. The molecule has 0 saturated carbocycles. The van der Waals surface area contributed by atoms with E-state index in [1.54, 1.807) is 17.5 Å². The summed E-state index contributed by atoms with van der Waals surface area (Å²) >= 11 is 1.77. The van der Waals surface area contributed by atoms with Gasteiger partial charge in [-0.15, -0.1) is 35.3 Å². The Balaban J connectivity index is 0.00000300. The van der Waals surface area contributed by atoms with E-state index in [1.807, 2.05) is 12.5 Å². The summed E-state index contributed by atoms with van der Waals surface area (Å²) in [5.74, 6) is 0.840. The van der Waals surface area contributed by atoms with Crippen LogP contribution < -0.4 is 10.6 Å². The quantitative estimate of drug-likeness (QED) is 0.266. The summed E-state index contributed by atoms with van der Waals surface area (Å²) in [6.45, 7) is 9.38. The lowest BCUT2D eigenvalue weighted by Gasteiger charge is -2.11. The number of nitrogens with zero attached hydrogens (tertiary/aromatic N) is 4. The third-order valence-corrected chi connectivity index (χ3v) is 5.52. The Morgan fingerprint density at radius 3 is 2.72 bits per heavy atom. The van der Waals surface area contributed by atoms with Crippen LogP contribution in [-0.4, -0.2) is 33.6 Å². The van der Waals surface area contributed by atoms with Gasteiger partial charge in [-0.05, 0) is 31.9 Å². The predicted molar refractivity (Wildman–Crippen MR) is 131 cm³/mol. The van der Waals surface area contributed by atoms with Gasteiger partial charge in [-0.25, -0.2) is 15.0 Å². The van der Waals surface area contributed by atoms with E-state index >= 15 is 0 Å². The molecule has 0 unspecified atom stereocenters. The molecular weight excluding hydrogens is 495 g/mol. The summed E-state index contributed by atoms with van der Waals surface area (Å²) in [5.41, 5.74) is 3.58. The van der Waals surface area contributed by atoms with Crippen molar-refractivity contribution in [2.75, 3.05) is 13.1 Å². The number of aryl methyl sites for hydroxylation is 2. The minimum Gasteiger partial charge on any atom is -0.357 e. The molecule has 0 radical (unpaired) electrons. The number of thiazole rings is 1. The van der Waals surface area contributed by atoms with Crippen LogP contribution >= 0.6 is 35.3 Å². The molecule has 1 aromatic carbocycles. The second-order valence-electron chi connectivity index (χ2n) is 6.68. The van der Waals surface area contributed by atoms with Crippen LogP contribution in [0.2, 0.25) is 0 Å². The molecule has 0 aliphatic carbocycles. The minimum atomic E-state index is 0. The van der Waals surface area contributed by atoms with Gasteiger partial charge in [0.05, 0.1) is 23.6 Å². The highest BCUT2D eigenvalue weighted by Crippen LogP contribution is 2.16. The van der Waals surface area contributed by atoms with Gasteiger partial charge in [0, 0.05) is 43.3 Å². The maximum Gasteiger partial charge on any atom is 0.191 e. The average molecular weight is 524 g/mol. The van der Waals surface area contributed by atoms with Crippen LogP contribution in [0, 0.1) is 13.8 Å². The standard InChI is InChI=1S/C21H28N6S.HI/c1-4-23-21(24-9-8-20-26-16(2)17(3)28-20)25-13-18-6-5-7-19(12-18)14-27-11-10-22-15-27;/h5-7,10-12,15H,4,8-9,13-14H2,1-3H3,(H2,23,24,25);1H. The van der Waals surface area contributed by atoms with Crippen LogP contribution in [0.4, 0.5) is 0 Å². The van der Waals surface area contributed by atoms with Crippen molar-refractivity contribution in [2.24, 2.45) is 4.99 Å². The highest BCUT2D eigenvalue weighted by molar-refractivity contribution is 14.0. The number of nitrogens with one attached hydrogen (secondary N) is 2. The van der Waals surface area contributed by atoms with E-state index in [1.165, 1.54) is 21.0 Å². The monoisotopic (exact) mass is 524 g/mol. The van der Waals surface area contributed by atoms with E-state index in [2.05, 4.69) is 70.2 Å². The average Bonchev–Trinajstić information content (AvgIpc) is 3.30. The van der Waals surface area contributed by atoms with Gasteiger partial charge >= 0.3 is 0 Å². The predicted octanol–water partition coefficient (Wildman–Crippen LogP) is 3.92. The molecule has 0 amide bonds. The van der Waals surface area contributed by atoms with Gasteiger partial charge in [0.2, 0.25) is 0 Å². The molecule has 3 aromatic rings. The smallest absolute Gasteiger partial charge is 0.191 e. The van der Waals surface area contributed by atoms with Crippen molar-refractivity contribution in [3.63, 3.8) is 0 Å². The molecule has 8 heteroatoms. The molecule has 0 bridgehead atoms. The largest absolute Gasteiger partial charge is 0.357 e. The summed E-state index contributed by atoms with van der Waals surface area (Å²) in [6.07, 6.45) is 6.52. The molecule has 2 aromatic heterocycles. The highest BCUT2D eigenvalue weighted by atomic mass is 127. The van der Waals surface area contributed by atoms with Crippen LogP contribution in [0.5, 0.6) is 0 Å². The van der Waals surface area contributed by atoms with Crippen molar-refractivity contribution in [1.82, 2.24) is 25.2 Å². The molecule has 156 valence electrons. The van der Waals surface area contributed by atoms with Gasteiger partial charge in [0.15, 0.2) is 5.96 Å². The third kappa shape index (κ3) is 7.43. The van der Waals surface area contributed by atoms with E-state index in [0.29, 0.717) is 6.54 Å². The molecular formula is C21H29IN6S. The number of aliphatic imine (C=N–C) groups is 1. The van der Waals surface area contributed by atoms with E-state index in [4.69, 9.17) is 4.99 Å². The lowest BCUT2D eigenvalue weighted by atomic mass is 10.1. The fourth-order valence-corrected chi connectivity index (χ4v) is 3.80. The first-order valence-electron chi connectivity index (χ1n) is 9.62. The Hall–Kier alpha value is -1.94. The number of halogens is 1. The van der Waals surface area contributed by atoms with Crippen LogP contribution in [0.3, 0.4) is 0 Å². The first-order valence-corrected chi connectivity index (χ1v) is 10.4. The van der Waals surface area contributed by atoms with E-state index in [-0.39, 0.29) is 24.0 Å². The van der Waals surface area contributed by atoms with Gasteiger partial charge in [-0.2, -0.15) is 0 Å². The van der Waals surface area contributed by atoms with Gasteiger partial charge in [0.25, 0.3) is 0 Å². The van der Waals surface area contributed by atoms with Crippen molar-refractivity contribution in [2.45, 2.75) is 40.3 Å². The van der Waals surface area contributed by atoms with Crippen LogP contribution in [0.15, 0.2) is 48.0 Å². The molecule has 29 heavy (non-hydrogen) atoms. The number of rotatable bonds is 8. The molecule has 0 atom stereocenters. The highest BCUT2D eigenvalue weighted by Gasteiger charge is 2.04. The molecule has 0 fully saturated rings. The van der Waals surface area contributed by atoms with Gasteiger partial charge in [-0.3, -0.25) is 0 Å². The number of hydrogen-bond acceptors (Lipinski definition) is 4. The Bertz CT molecular complexity index is 884. The maximum absolute atomic E-state index is 4.73. The van der Waals surface area contributed by atoms with Crippen molar-refractivity contribution >= 4 is 41.3 Å². The molecule has 2 heterocycles. The molecule has 6 nitrogen and oxygen atoms in total. The summed E-state index contributed by atoms with van der Waals surface area (Å²) in [6, 6.07) is 8.54. The van der Waals surface area contributed by atoms with E-state index in [0.717, 1.165) is 37.7 Å². The molecule has 3 rings (SSSR count). The summed E-state index contributed by atoms with van der Waals surface area (Å²) < 4.78 is 2.07. The Morgan fingerprint density at radius 1 is 1.21 bits per heavy atom. The number of imidazole rings is 1. The molecule has 2 N–H and O–H groups in total. The van der Waals surface area contributed by atoms with Crippen molar-refractivity contribution in [3.05, 3.63) is 69.7 Å². The Morgan fingerprint density at radius 2 is 2.03 bits per heavy atom. The summed E-state index contributed by atoms with van der Waals surface area (Å²) in [5, 5.41) is 7.90. The maximum atomic E-state index is 4.73. The second kappa shape index (κ2) is 11.9. The number of hydrogen-bond donors (Lipinski definition) is 2. The lowest BCUT2D eigenvalue weighted by molar-refractivity contribution is 0.789. The third-order valence-electron chi connectivity index (χ3n) is 4.38. The number of benzene rings is 1. The molecule has 0 spiro atoms. The fourth-order valence-electron chi connectivity index (χ4n) is 2.86. The van der Waals surface area contributed by atoms with Crippen LogP contribution in [0.1, 0.15) is 33.6 Å². The zero-order valence-electron chi connectivity index (χ0n) is 17.2. The lowest BCUT2D eigenvalue weighted by Crippen LogP contribution is -2.38. The Labute approximate surface area is 193 Å². The van der Waals surface area contributed by atoms with Crippen LogP contribution in [-0.2, 0) is 19.5 Å². The first-order chi connectivity index (χ1) is 13.6. The topological polar surface area (TPSA) is 67.1 Å². The van der Waals surface area contributed by atoms with E-state index in [9.17, 15) is 0 Å². The van der Waals surface area contributed by atoms with Gasteiger partial charge < -0.3 is 15.2 Å². The number of guanidine groups is 1. The second-order valence-corrected chi connectivity index (χ2v) is 7.96. The van der Waals surface area contributed by atoms with E-state index < -0.39 is 0 Å². The first kappa shape index (κ1) is 23.3. The SMILES string of the molecule is CCNC(=NCc1cccc(Cn2ccnc2)c1)NCCc1nc(C)c(C)s1.I. The molecule has 0 aliphatic heterocycles. The zero-order chi connectivity index (χ0) is 19.8. The Kier molecular flexibility index (Phi) is 9.59. The number of aromatic nitrogens is 3. The summed E-state index contributed by atoms with van der Waals surface area (Å²) in [7, 11) is 0. The fraction of sp³-hybridized carbons (Fsp3) is 0.381. The summed E-state index contributed by atoms with van der Waals surface area (Å²) in [4.78, 5) is 14.7. The zero-order valence-corrected chi connectivity index (χ0v) is 20.3. The minimum absolute atomic E-state index is 0. The van der Waals surface area contributed by atoms with Gasteiger partial charge in [0.1, 0.15) is 0 Å². The van der Waals surface area contributed by atoms with Gasteiger partial charge in [-0.1, -0.05) is 24.3 Å². The van der Waals surface area contributed by atoms with Crippen molar-refractivity contribution in [1.29, 1.82) is 0 Å². The van der Waals surface area contributed by atoms with Crippen molar-refractivity contribution < 1.29 is 0 Å². The molecule has 0 aliphatic rings. The van der Waals surface area contributed by atoms with Crippen LogP contribution in [0.25, 0.3) is 0 Å². The normalized spacial score (nSPS) is 11.2.